The number of hydrogen-bond donors (Lipinski definition) is 0. The number of rotatable bonds is 14. The van der Waals surface area contributed by atoms with Crippen molar-refractivity contribution < 1.29 is 24.3 Å². The summed E-state index contributed by atoms with van der Waals surface area (Å²) in [6.07, 6.45) is 8.98. The molecule has 0 amide bonds. The van der Waals surface area contributed by atoms with Crippen molar-refractivity contribution >= 4 is 75.7 Å². The smallest absolute Gasteiger partial charge is 0.339 e. The predicted molar refractivity (Wildman–Crippen MR) is 205 cm³/mol. The summed E-state index contributed by atoms with van der Waals surface area (Å²) in [5, 5.41) is 55.5. The lowest BCUT2D eigenvalue weighted by Gasteiger charge is -2.11. The number of carbonyl (C=O) groups is 1. The van der Waals surface area contributed by atoms with Gasteiger partial charge in [-0.15, -0.1) is 0 Å². The molecule has 0 spiro atoms. The topological polar surface area (TPSA) is 203 Å². The molecule has 0 aromatic heterocycles. The maximum absolute atomic E-state index is 13.9. The first-order valence-electron chi connectivity index (χ1n) is 16.3. The number of non-ortho nitro benzene ring substituents is 2. The van der Waals surface area contributed by atoms with E-state index in [-0.39, 0.29) is 34.4 Å². The fraction of sp³-hybridized carbons (Fsp3) is 0.343. The standard InChI is InChI=1S/C35H31N5O8S4/c1-4-6-8-10-27-28(11-9-7-5-2)51-35(50-27)34-49-19(3)29(52-34)18-48-33(41)25-14-21(38(42)43)12-23-30(20(16-36)17-37)24-13-22(39(44)45)15-26(40(46)47)32(24)31(23)25/h12-15H,4-11,18H2,1-3H3. The number of thioether (sulfide) groups is 4. The Hall–Kier alpha value is -4.55. The molecule has 3 aliphatic rings. The van der Waals surface area contributed by atoms with Gasteiger partial charge in [-0.1, -0.05) is 86.6 Å². The average Bonchev–Trinajstić information content (AvgIpc) is 3.80. The van der Waals surface area contributed by atoms with Crippen LogP contribution in [-0.4, -0.2) is 27.3 Å². The van der Waals surface area contributed by atoms with Crippen LogP contribution in [0.1, 0.15) is 93.6 Å². The van der Waals surface area contributed by atoms with Gasteiger partial charge in [-0.3, -0.25) is 30.3 Å². The molecule has 52 heavy (non-hydrogen) atoms. The van der Waals surface area contributed by atoms with Crippen LogP contribution in [-0.2, 0) is 4.74 Å². The fourth-order valence-corrected chi connectivity index (χ4v) is 11.7. The Bertz CT molecular complexity index is 2090. The van der Waals surface area contributed by atoms with Gasteiger partial charge in [-0.25, -0.2) is 4.79 Å². The SMILES string of the molecule is CCCCCC1=C(CCCCC)SC(=C2SC(C)=C(COC(=O)c3cc([N+](=O)[O-])cc4c3-c3c(cc([N+](=O)[O-])cc3[N+](=O)[O-])C4=C(C#N)C#N)S2)S1. The summed E-state index contributed by atoms with van der Waals surface area (Å²) < 4.78 is 7.99. The quantitative estimate of drug-likeness (QED) is 0.0491. The second-order valence-electron chi connectivity index (χ2n) is 11.8. The molecule has 17 heteroatoms. The zero-order valence-corrected chi connectivity index (χ0v) is 31.6. The van der Waals surface area contributed by atoms with Crippen LogP contribution in [0, 0.1) is 53.0 Å². The van der Waals surface area contributed by atoms with Crippen molar-refractivity contribution in [3.63, 3.8) is 0 Å². The lowest BCUT2D eigenvalue weighted by Crippen LogP contribution is -2.10. The first kappa shape index (κ1) is 38.7. The number of fused-ring (bicyclic) bond motifs is 3. The van der Waals surface area contributed by atoms with Crippen molar-refractivity contribution in [2.45, 2.75) is 72.1 Å². The Labute approximate surface area is 316 Å². The number of hydrogen-bond acceptors (Lipinski definition) is 14. The van der Waals surface area contributed by atoms with Gasteiger partial charge in [0.25, 0.3) is 17.1 Å². The molecule has 0 fully saturated rings. The molecule has 13 nitrogen and oxygen atoms in total. The molecule has 0 unspecified atom stereocenters. The Morgan fingerprint density at radius 3 is 1.77 bits per heavy atom. The van der Waals surface area contributed by atoms with Crippen LogP contribution in [0.3, 0.4) is 0 Å². The highest BCUT2D eigenvalue weighted by molar-refractivity contribution is 8.34. The molecule has 5 rings (SSSR count). The fourth-order valence-electron chi connectivity index (χ4n) is 5.95. The van der Waals surface area contributed by atoms with Crippen LogP contribution >= 0.6 is 47.0 Å². The number of nitro groups is 3. The van der Waals surface area contributed by atoms with Crippen LogP contribution in [0.15, 0.2) is 57.9 Å². The van der Waals surface area contributed by atoms with Gasteiger partial charge in [0.1, 0.15) is 24.3 Å². The van der Waals surface area contributed by atoms with Crippen molar-refractivity contribution in [2.24, 2.45) is 0 Å². The zero-order chi connectivity index (χ0) is 37.7. The molecule has 2 heterocycles. The molecule has 0 N–H and O–H groups in total. The Kier molecular flexibility index (Phi) is 12.5. The highest BCUT2D eigenvalue weighted by Gasteiger charge is 2.40. The molecular weight excluding hydrogens is 747 g/mol. The van der Waals surface area contributed by atoms with Gasteiger partial charge < -0.3 is 4.74 Å². The van der Waals surface area contributed by atoms with Gasteiger partial charge in [0, 0.05) is 60.1 Å². The Morgan fingerprint density at radius 1 is 0.731 bits per heavy atom. The summed E-state index contributed by atoms with van der Waals surface area (Å²) in [5.74, 6) is -1.04. The molecule has 0 radical (unpaired) electrons. The lowest BCUT2D eigenvalue weighted by atomic mass is 9.96. The molecule has 2 aromatic carbocycles. The molecular formula is C35H31N5O8S4. The number of allylic oxidation sites excluding steroid dienone is 4. The van der Waals surface area contributed by atoms with Crippen LogP contribution in [0.5, 0.6) is 0 Å². The molecule has 268 valence electrons. The molecule has 0 saturated heterocycles. The Morgan fingerprint density at radius 2 is 1.25 bits per heavy atom. The van der Waals surface area contributed by atoms with E-state index in [1.165, 1.54) is 38.7 Å². The summed E-state index contributed by atoms with van der Waals surface area (Å²) in [6.45, 7) is 6.10. The third-order valence-electron chi connectivity index (χ3n) is 8.44. The second-order valence-corrected chi connectivity index (χ2v) is 16.9. The minimum absolute atomic E-state index is 0.189. The first-order chi connectivity index (χ1) is 24.9. The maximum atomic E-state index is 13.9. The van der Waals surface area contributed by atoms with Crippen molar-refractivity contribution in [3.05, 3.63) is 105 Å². The molecule has 2 aromatic rings. The third-order valence-corrected chi connectivity index (χ3v) is 14.4. The van der Waals surface area contributed by atoms with Crippen molar-refractivity contribution in [2.75, 3.05) is 6.61 Å². The van der Waals surface area contributed by atoms with Gasteiger partial charge in [0.15, 0.2) is 0 Å². The number of ether oxygens (including phenoxy) is 1. The van der Waals surface area contributed by atoms with E-state index >= 15 is 0 Å². The lowest BCUT2D eigenvalue weighted by molar-refractivity contribution is -0.393. The summed E-state index contributed by atoms with van der Waals surface area (Å²) in [6, 6.07) is 6.88. The number of unbranched alkanes of at least 4 members (excludes halogenated alkanes) is 4. The van der Waals surface area contributed by atoms with E-state index < -0.39 is 48.9 Å². The van der Waals surface area contributed by atoms with E-state index in [0.717, 1.165) is 70.8 Å². The van der Waals surface area contributed by atoms with E-state index in [9.17, 15) is 45.7 Å². The van der Waals surface area contributed by atoms with E-state index in [1.807, 2.05) is 30.4 Å². The molecule has 0 bridgehead atoms. The number of nitro benzene ring substituents is 3. The largest absolute Gasteiger partial charge is 0.457 e. The van der Waals surface area contributed by atoms with Gasteiger partial charge >= 0.3 is 5.97 Å². The van der Waals surface area contributed by atoms with E-state index in [4.69, 9.17) is 4.74 Å². The molecule has 2 aliphatic heterocycles. The predicted octanol–water partition coefficient (Wildman–Crippen LogP) is 11.1. The number of esters is 1. The second kappa shape index (κ2) is 16.9. The number of carbonyl (C=O) groups excluding carboxylic acids is 1. The molecule has 1 aliphatic carbocycles. The summed E-state index contributed by atoms with van der Waals surface area (Å²) in [7, 11) is 0. The summed E-state index contributed by atoms with van der Waals surface area (Å²) >= 11 is 6.70. The van der Waals surface area contributed by atoms with Crippen molar-refractivity contribution in [1.82, 2.24) is 0 Å². The van der Waals surface area contributed by atoms with E-state index in [2.05, 4.69) is 13.8 Å². The molecule has 0 atom stereocenters. The summed E-state index contributed by atoms with van der Waals surface area (Å²) in [5.41, 5.74) is -4.32. The van der Waals surface area contributed by atoms with Crippen LogP contribution in [0.4, 0.5) is 17.1 Å². The van der Waals surface area contributed by atoms with Gasteiger partial charge in [-0.05, 0) is 32.6 Å². The number of nitrogens with zero attached hydrogens (tertiary/aromatic N) is 5. The number of benzene rings is 2. The highest BCUT2D eigenvalue weighted by atomic mass is 32.2. The van der Waals surface area contributed by atoms with Gasteiger partial charge in [0.05, 0.1) is 40.4 Å². The first-order valence-corrected chi connectivity index (χ1v) is 19.6. The molecule has 0 saturated carbocycles. The number of nitriles is 2. The Balaban J connectivity index is 1.48. The van der Waals surface area contributed by atoms with Crippen LogP contribution < -0.4 is 0 Å². The van der Waals surface area contributed by atoms with Crippen LogP contribution in [0.25, 0.3) is 16.7 Å². The maximum Gasteiger partial charge on any atom is 0.339 e. The zero-order valence-electron chi connectivity index (χ0n) is 28.3. The van der Waals surface area contributed by atoms with Gasteiger partial charge in [-0.2, -0.15) is 10.5 Å². The van der Waals surface area contributed by atoms with Crippen molar-refractivity contribution in [1.29, 1.82) is 10.5 Å². The average molecular weight is 778 g/mol. The summed E-state index contributed by atoms with van der Waals surface area (Å²) in [4.78, 5) is 51.8. The monoisotopic (exact) mass is 777 g/mol. The highest BCUT2D eigenvalue weighted by Crippen LogP contribution is 2.61. The van der Waals surface area contributed by atoms with E-state index in [0.29, 0.717) is 6.07 Å². The van der Waals surface area contributed by atoms with Gasteiger partial charge in [0.2, 0.25) is 0 Å². The minimum atomic E-state index is -1.04. The third kappa shape index (κ3) is 7.92. The normalized spacial score (nSPS) is 14.7. The van der Waals surface area contributed by atoms with Crippen LogP contribution in [0.2, 0.25) is 0 Å². The van der Waals surface area contributed by atoms with E-state index in [1.54, 1.807) is 23.9 Å². The minimum Gasteiger partial charge on any atom is -0.457 e. The van der Waals surface area contributed by atoms with Crippen molar-refractivity contribution in [3.8, 4) is 23.3 Å².